The summed E-state index contributed by atoms with van der Waals surface area (Å²) in [4.78, 5) is 36.9. The summed E-state index contributed by atoms with van der Waals surface area (Å²) < 4.78 is 27.2. The van der Waals surface area contributed by atoms with Gasteiger partial charge < -0.3 is 23.4 Å². The highest BCUT2D eigenvalue weighted by atomic mass is 16.6. The molecule has 1 saturated heterocycles. The highest BCUT2D eigenvalue weighted by Gasteiger charge is 2.26. The van der Waals surface area contributed by atoms with Gasteiger partial charge in [-0.2, -0.15) is 0 Å². The van der Waals surface area contributed by atoms with E-state index in [0.29, 0.717) is 24.3 Å². The molecule has 0 spiro atoms. The van der Waals surface area contributed by atoms with Crippen LogP contribution in [0.5, 0.6) is 17.2 Å². The predicted octanol–water partition coefficient (Wildman–Crippen LogP) is 4.15. The van der Waals surface area contributed by atoms with E-state index in [1.807, 2.05) is 0 Å². The van der Waals surface area contributed by atoms with Gasteiger partial charge >= 0.3 is 11.9 Å². The van der Waals surface area contributed by atoms with Crippen molar-refractivity contribution in [1.29, 1.82) is 0 Å². The first-order valence-electron chi connectivity index (χ1n) is 10.3. The van der Waals surface area contributed by atoms with E-state index in [0.717, 1.165) is 6.42 Å². The van der Waals surface area contributed by atoms with Crippen molar-refractivity contribution in [3.63, 3.8) is 0 Å². The van der Waals surface area contributed by atoms with Crippen molar-refractivity contribution in [3.05, 3.63) is 64.0 Å². The number of aryl methyl sites for hydroxylation is 1. The van der Waals surface area contributed by atoms with Gasteiger partial charge in [-0.25, -0.2) is 9.59 Å². The molecule has 4 rings (SSSR count). The molecule has 166 valence electrons. The van der Waals surface area contributed by atoms with E-state index in [-0.39, 0.29) is 40.3 Å². The van der Waals surface area contributed by atoms with Crippen LogP contribution in [0.2, 0.25) is 0 Å². The standard InChI is InChI=1S/C24H22O8/c1-3-28-23(26)15-6-8-16(9-7-15)31-22-14(2)30-20-13-17(10-11-18(20)21(22)25)32-24(27)19-5-4-12-29-19/h6-11,13,19H,3-5,12H2,1-2H3. The normalized spacial score (nSPS) is 15.5. The topological polar surface area (TPSA) is 101 Å². The predicted molar refractivity (Wildman–Crippen MR) is 114 cm³/mol. The van der Waals surface area contributed by atoms with E-state index >= 15 is 0 Å². The fourth-order valence-corrected chi connectivity index (χ4v) is 3.39. The molecule has 0 amide bonds. The Kier molecular flexibility index (Phi) is 6.23. The molecule has 0 N–H and O–H groups in total. The Morgan fingerprint density at radius 1 is 1.09 bits per heavy atom. The summed E-state index contributed by atoms with van der Waals surface area (Å²) >= 11 is 0. The van der Waals surface area contributed by atoms with Gasteiger partial charge in [0, 0.05) is 12.7 Å². The maximum atomic E-state index is 13.0. The number of rotatable bonds is 6. The van der Waals surface area contributed by atoms with Crippen LogP contribution in [0.25, 0.3) is 11.0 Å². The number of ether oxygens (including phenoxy) is 4. The van der Waals surface area contributed by atoms with Crippen molar-refractivity contribution in [2.24, 2.45) is 0 Å². The maximum Gasteiger partial charge on any atom is 0.340 e. The van der Waals surface area contributed by atoms with Gasteiger partial charge in [-0.15, -0.1) is 0 Å². The molecule has 1 fully saturated rings. The van der Waals surface area contributed by atoms with Crippen molar-refractivity contribution in [2.75, 3.05) is 13.2 Å². The highest BCUT2D eigenvalue weighted by Crippen LogP contribution is 2.28. The average molecular weight is 438 g/mol. The lowest BCUT2D eigenvalue weighted by molar-refractivity contribution is -0.144. The molecule has 0 aliphatic carbocycles. The molecule has 32 heavy (non-hydrogen) atoms. The lowest BCUT2D eigenvalue weighted by Gasteiger charge is -2.11. The van der Waals surface area contributed by atoms with E-state index in [1.165, 1.54) is 18.2 Å². The Hall–Kier alpha value is -3.65. The summed E-state index contributed by atoms with van der Waals surface area (Å²) in [5.41, 5.74) is 0.289. The molecule has 8 nitrogen and oxygen atoms in total. The lowest BCUT2D eigenvalue weighted by atomic mass is 10.2. The molecule has 1 unspecified atom stereocenters. The molecule has 8 heteroatoms. The smallest absolute Gasteiger partial charge is 0.340 e. The zero-order valence-corrected chi connectivity index (χ0v) is 17.7. The van der Waals surface area contributed by atoms with Gasteiger partial charge in [-0.05, 0) is 63.1 Å². The van der Waals surface area contributed by atoms with E-state index in [9.17, 15) is 14.4 Å². The quantitative estimate of drug-likeness (QED) is 0.418. The zero-order chi connectivity index (χ0) is 22.7. The van der Waals surface area contributed by atoms with Crippen LogP contribution >= 0.6 is 0 Å². The Bertz CT molecular complexity index is 1200. The largest absolute Gasteiger partial charge is 0.462 e. The molecular weight excluding hydrogens is 416 g/mol. The van der Waals surface area contributed by atoms with E-state index in [4.69, 9.17) is 23.4 Å². The van der Waals surface area contributed by atoms with E-state index in [2.05, 4.69) is 0 Å². The van der Waals surface area contributed by atoms with Crippen molar-refractivity contribution >= 4 is 22.9 Å². The van der Waals surface area contributed by atoms with Gasteiger partial charge in [0.1, 0.15) is 22.8 Å². The minimum Gasteiger partial charge on any atom is -0.462 e. The number of fused-ring (bicyclic) bond motifs is 1. The zero-order valence-electron chi connectivity index (χ0n) is 17.7. The molecular formula is C24H22O8. The Labute approximate surface area is 183 Å². The first-order valence-corrected chi connectivity index (χ1v) is 10.3. The fourth-order valence-electron chi connectivity index (χ4n) is 3.39. The first kappa shape index (κ1) is 21.6. The summed E-state index contributed by atoms with van der Waals surface area (Å²) in [6.07, 6.45) is 0.882. The molecule has 1 aromatic heterocycles. The summed E-state index contributed by atoms with van der Waals surface area (Å²) in [6.45, 7) is 4.16. The van der Waals surface area contributed by atoms with Crippen LogP contribution in [0.15, 0.2) is 51.7 Å². The minimum absolute atomic E-state index is 0.0329. The summed E-state index contributed by atoms with van der Waals surface area (Å²) in [6, 6.07) is 10.8. The summed E-state index contributed by atoms with van der Waals surface area (Å²) in [5, 5.41) is 0.283. The van der Waals surface area contributed by atoms with Crippen LogP contribution in [-0.2, 0) is 14.3 Å². The second-order valence-corrected chi connectivity index (χ2v) is 7.24. The van der Waals surface area contributed by atoms with Gasteiger partial charge in [0.05, 0.1) is 17.6 Å². The third-order valence-electron chi connectivity index (χ3n) is 4.98. The van der Waals surface area contributed by atoms with Crippen LogP contribution in [0.3, 0.4) is 0 Å². The molecule has 1 aliphatic heterocycles. The Morgan fingerprint density at radius 2 is 1.84 bits per heavy atom. The number of esters is 2. The van der Waals surface area contributed by atoms with Gasteiger partial charge in [-0.1, -0.05) is 0 Å². The molecule has 0 bridgehead atoms. The average Bonchev–Trinajstić information content (AvgIpc) is 3.32. The third kappa shape index (κ3) is 4.50. The minimum atomic E-state index is -0.564. The molecule has 0 saturated carbocycles. The van der Waals surface area contributed by atoms with Crippen LogP contribution in [0, 0.1) is 6.92 Å². The van der Waals surface area contributed by atoms with E-state index < -0.39 is 18.0 Å². The van der Waals surface area contributed by atoms with Gasteiger partial charge in [0.25, 0.3) is 0 Å². The summed E-state index contributed by atoms with van der Waals surface area (Å²) in [7, 11) is 0. The molecule has 0 radical (unpaired) electrons. The number of benzene rings is 2. The van der Waals surface area contributed by atoms with Crippen LogP contribution in [0.1, 0.15) is 35.9 Å². The van der Waals surface area contributed by atoms with E-state index in [1.54, 1.807) is 38.1 Å². The second kappa shape index (κ2) is 9.23. The fraction of sp³-hybridized carbons (Fsp3) is 0.292. The van der Waals surface area contributed by atoms with Crippen LogP contribution in [-0.4, -0.2) is 31.3 Å². The Morgan fingerprint density at radius 3 is 2.53 bits per heavy atom. The van der Waals surface area contributed by atoms with Gasteiger partial charge in [-0.3, -0.25) is 4.79 Å². The van der Waals surface area contributed by atoms with Crippen LogP contribution < -0.4 is 14.9 Å². The molecule has 2 heterocycles. The number of carbonyl (C=O) groups is 2. The molecule has 1 atom stereocenters. The second-order valence-electron chi connectivity index (χ2n) is 7.24. The third-order valence-corrected chi connectivity index (χ3v) is 4.98. The van der Waals surface area contributed by atoms with Gasteiger partial charge in [0.15, 0.2) is 6.10 Å². The SMILES string of the molecule is CCOC(=O)c1ccc(Oc2c(C)oc3cc(OC(=O)C4CCCO4)ccc3c2=O)cc1. The summed E-state index contributed by atoms with van der Waals surface area (Å²) in [5.74, 6) is 0.0346. The molecule has 3 aromatic rings. The lowest BCUT2D eigenvalue weighted by Crippen LogP contribution is -2.24. The van der Waals surface area contributed by atoms with Gasteiger partial charge in [0.2, 0.25) is 11.2 Å². The van der Waals surface area contributed by atoms with Crippen molar-refractivity contribution in [3.8, 4) is 17.2 Å². The molecule has 1 aliphatic rings. The van der Waals surface area contributed by atoms with Crippen LogP contribution in [0.4, 0.5) is 0 Å². The first-order chi connectivity index (χ1) is 15.5. The highest BCUT2D eigenvalue weighted by molar-refractivity contribution is 5.89. The van der Waals surface area contributed by atoms with Crippen molar-refractivity contribution in [2.45, 2.75) is 32.8 Å². The van der Waals surface area contributed by atoms with Crippen molar-refractivity contribution < 1.29 is 33.0 Å². The van der Waals surface area contributed by atoms with Crippen molar-refractivity contribution in [1.82, 2.24) is 0 Å². The number of carbonyl (C=O) groups excluding carboxylic acids is 2. The Balaban J connectivity index is 1.56. The molecule has 2 aromatic carbocycles. The monoisotopic (exact) mass is 438 g/mol. The number of hydrogen-bond acceptors (Lipinski definition) is 8. The number of hydrogen-bond donors (Lipinski definition) is 0. The maximum absolute atomic E-state index is 13.0.